The molecule has 0 saturated heterocycles. The number of ether oxygens (including phenoxy) is 1. The van der Waals surface area contributed by atoms with Gasteiger partial charge in [0.05, 0.1) is 25.4 Å². The van der Waals surface area contributed by atoms with Crippen LogP contribution in [0.2, 0.25) is 0 Å². The van der Waals surface area contributed by atoms with Crippen molar-refractivity contribution in [2.24, 2.45) is 0 Å². The first-order valence-electron chi connectivity index (χ1n) is 31.3. The van der Waals surface area contributed by atoms with Crippen LogP contribution >= 0.6 is 0 Å². The predicted molar refractivity (Wildman–Crippen MR) is 306 cm³/mol. The monoisotopic (exact) mass is 984 g/mol. The minimum Gasteiger partial charge on any atom is -0.466 e. The van der Waals surface area contributed by atoms with Crippen molar-refractivity contribution in [3.63, 3.8) is 0 Å². The Morgan fingerprint density at radius 1 is 0.400 bits per heavy atom. The molecule has 0 rings (SSSR count). The van der Waals surface area contributed by atoms with E-state index in [0.29, 0.717) is 19.4 Å². The molecule has 2 atom stereocenters. The molecule has 1 amide bonds. The van der Waals surface area contributed by atoms with Crippen molar-refractivity contribution in [3.8, 4) is 0 Å². The Labute approximate surface area is 436 Å². The first-order chi connectivity index (χ1) is 34.5. The zero-order valence-corrected chi connectivity index (χ0v) is 47.0. The lowest BCUT2D eigenvalue weighted by molar-refractivity contribution is -0.143. The smallest absolute Gasteiger partial charge is 0.305 e. The van der Waals surface area contributed by atoms with Crippen LogP contribution in [-0.2, 0) is 14.3 Å². The summed E-state index contributed by atoms with van der Waals surface area (Å²) in [6.07, 6.45) is 74.6. The predicted octanol–water partition coefficient (Wildman–Crippen LogP) is 19.6. The molecule has 0 heterocycles. The van der Waals surface area contributed by atoms with Gasteiger partial charge in [0.15, 0.2) is 0 Å². The molecular weight excluding hydrogens is 863 g/mol. The fraction of sp³-hybridized carbons (Fsp3) is 0.875. The third kappa shape index (κ3) is 55.4. The topological polar surface area (TPSA) is 95.9 Å². The highest BCUT2D eigenvalue weighted by Gasteiger charge is 2.18. The molecule has 0 aliphatic rings. The summed E-state index contributed by atoms with van der Waals surface area (Å²) in [7, 11) is 0. The zero-order valence-electron chi connectivity index (χ0n) is 47.0. The van der Waals surface area contributed by atoms with Crippen LogP contribution in [0, 0.1) is 0 Å². The molecule has 0 radical (unpaired) electrons. The van der Waals surface area contributed by atoms with Gasteiger partial charge in [-0.25, -0.2) is 0 Å². The average Bonchev–Trinajstić information content (AvgIpc) is 3.36. The Kier molecular flexibility index (Phi) is 58.0. The zero-order chi connectivity index (χ0) is 50.7. The largest absolute Gasteiger partial charge is 0.466 e. The number of hydrogen-bond donors (Lipinski definition) is 3. The van der Waals surface area contributed by atoms with Crippen molar-refractivity contribution in [3.05, 3.63) is 36.5 Å². The Morgan fingerprint density at radius 3 is 1.10 bits per heavy atom. The molecule has 2 unspecified atom stereocenters. The number of nitrogens with one attached hydrogen (secondary N) is 1. The summed E-state index contributed by atoms with van der Waals surface area (Å²) in [6, 6.07) is -0.636. The molecule has 3 N–H and O–H groups in total. The standard InChI is InChI=1S/C64H121NO5/c1-3-5-7-9-11-13-15-17-19-21-23-24-25-28-32-36-40-44-48-52-56-62(67)61(60-66)65-63(68)57-53-49-45-41-37-33-29-27-31-35-39-43-47-51-55-59-70-64(69)58-54-50-46-42-38-34-30-26-22-20-18-16-14-12-10-8-6-4-2/h14,16,20,22,52,56,61-62,66-67H,3-13,15,17-19,21,23-51,53-55,57-60H2,1-2H3,(H,65,68)/b16-14-,22-20-,56-52+. The van der Waals surface area contributed by atoms with Crippen LogP contribution in [0.1, 0.15) is 335 Å². The van der Waals surface area contributed by atoms with Crippen LogP contribution in [0.3, 0.4) is 0 Å². The van der Waals surface area contributed by atoms with Crippen molar-refractivity contribution >= 4 is 11.9 Å². The second kappa shape index (κ2) is 59.6. The average molecular weight is 985 g/mol. The Morgan fingerprint density at radius 2 is 0.714 bits per heavy atom. The van der Waals surface area contributed by atoms with Gasteiger partial charge in [0.2, 0.25) is 5.91 Å². The van der Waals surface area contributed by atoms with Crippen LogP contribution in [0.25, 0.3) is 0 Å². The van der Waals surface area contributed by atoms with Crippen molar-refractivity contribution in [2.75, 3.05) is 13.2 Å². The lowest BCUT2D eigenvalue weighted by atomic mass is 10.0. The van der Waals surface area contributed by atoms with Crippen molar-refractivity contribution in [1.29, 1.82) is 0 Å². The fourth-order valence-corrected chi connectivity index (χ4v) is 9.61. The summed E-state index contributed by atoms with van der Waals surface area (Å²) < 4.78 is 5.49. The summed E-state index contributed by atoms with van der Waals surface area (Å²) >= 11 is 0. The summed E-state index contributed by atoms with van der Waals surface area (Å²) in [6.45, 7) is 4.89. The van der Waals surface area contributed by atoms with Gasteiger partial charge in [0.1, 0.15) is 0 Å². The second-order valence-electron chi connectivity index (χ2n) is 21.4. The lowest BCUT2D eigenvalue weighted by Gasteiger charge is -2.20. The van der Waals surface area contributed by atoms with E-state index in [-0.39, 0.29) is 18.5 Å². The molecule has 0 bridgehead atoms. The fourth-order valence-electron chi connectivity index (χ4n) is 9.61. The van der Waals surface area contributed by atoms with Gasteiger partial charge in [-0.1, -0.05) is 294 Å². The van der Waals surface area contributed by atoms with E-state index >= 15 is 0 Å². The van der Waals surface area contributed by atoms with Gasteiger partial charge in [-0.15, -0.1) is 0 Å². The van der Waals surface area contributed by atoms with E-state index in [9.17, 15) is 19.8 Å². The van der Waals surface area contributed by atoms with Crippen LogP contribution in [0.15, 0.2) is 36.5 Å². The lowest BCUT2D eigenvalue weighted by Crippen LogP contribution is -2.45. The van der Waals surface area contributed by atoms with Gasteiger partial charge in [0.25, 0.3) is 0 Å². The third-order valence-electron chi connectivity index (χ3n) is 14.4. The van der Waals surface area contributed by atoms with E-state index in [4.69, 9.17) is 4.74 Å². The van der Waals surface area contributed by atoms with Crippen LogP contribution in [0.5, 0.6) is 0 Å². The van der Waals surface area contributed by atoms with Gasteiger partial charge >= 0.3 is 5.97 Å². The molecule has 0 aromatic heterocycles. The van der Waals surface area contributed by atoms with Crippen molar-refractivity contribution in [1.82, 2.24) is 5.32 Å². The van der Waals surface area contributed by atoms with Crippen LogP contribution in [-0.4, -0.2) is 47.4 Å². The summed E-state index contributed by atoms with van der Waals surface area (Å²) in [5, 5.41) is 23.2. The highest BCUT2D eigenvalue weighted by molar-refractivity contribution is 5.76. The van der Waals surface area contributed by atoms with Gasteiger partial charge in [-0.3, -0.25) is 9.59 Å². The Hall–Kier alpha value is -1.92. The first kappa shape index (κ1) is 68.1. The molecule has 0 aromatic rings. The summed E-state index contributed by atoms with van der Waals surface area (Å²) in [5.74, 6) is -0.0817. The number of allylic oxidation sites excluding steroid dienone is 5. The van der Waals surface area contributed by atoms with E-state index in [2.05, 4.69) is 43.5 Å². The number of rotatable bonds is 58. The second-order valence-corrected chi connectivity index (χ2v) is 21.4. The maximum atomic E-state index is 12.5. The molecule has 0 aromatic carbocycles. The number of carbonyl (C=O) groups excluding carboxylic acids is 2. The molecule has 6 heteroatoms. The molecule has 412 valence electrons. The van der Waals surface area contributed by atoms with Crippen LogP contribution < -0.4 is 5.32 Å². The molecule has 0 aliphatic carbocycles. The number of aliphatic hydroxyl groups is 2. The number of unbranched alkanes of at least 4 members (excludes halogenated alkanes) is 43. The maximum absolute atomic E-state index is 12.5. The van der Waals surface area contributed by atoms with Crippen LogP contribution in [0.4, 0.5) is 0 Å². The molecule has 0 spiro atoms. The van der Waals surface area contributed by atoms with Crippen molar-refractivity contribution < 1.29 is 24.5 Å². The molecule has 0 fully saturated rings. The first-order valence-corrected chi connectivity index (χ1v) is 31.3. The number of carbonyl (C=O) groups is 2. The Balaban J connectivity index is 3.46. The minimum atomic E-state index is -0.852. The highest BCUT2D eigenvalue weighted by Crippen LogP contribution is 2.17. The summed E-state index contributed by atoms with van der Waals surface area (Å²) in [5.41, 5.74) is 0. The number of amides is 1. The molecule has 0 saturated carbocycles. The van der Waals surface area contributed by atoms with Gasteiger partial charge in [-0.05, 0) is 64.2 Å². The van der Waals surface area contributed by atoms with E-state index < -0.39 is 12.1 Å². The van der Waals surface area contributed by atoms with Crippen molar-refractivity contribution in [2.45, 2.75) is 347 Å². The van der Waals surface area contributed by atoms with Gasteiger partial charge in [0, 0.05) is 12.8 Å². The number of hydrogen-bond acceptors (Lipinski definition) is 5. The van der Waals surface area contributed by atoms with E-state index in [1.165, 1.54) is 244 Å². The van der Waals surface area contributed by atoms with Gasteiger partial charge in [-0.2, -0.15) is 0 Å². The van der Waals surface area contributed by atoms with E-state index in [1.807, 2.05) is 6.08 Å². The molecule has 6 nitrogen and oxygen atoms in total. The van der Waals surface area contributed by atoms with E-state index in [1.54, 1.807) is 6.08 Å². The maximum Gasteiger partial charge on any atom is 0.305 e. The highest BCUT2D eigenvalue weighted by atomic mass is 16.5. The normalized spacial score (nSPS) is 12.8. The van der Waals surface area contributed by atoms with Gasteiger partial charge < -0.3 is 20.3 Å². The third-order valence-corrected chi connectivity index (χ3v) is 14.4. The summed E-state index contributed by atoms with van der Waals surface area (Å²) in [4.78, 5) is 24.6. The minimum absolute atomic E-state index is 0.00738. The molecule has 70 heavy (non-hydrogen) atoms. The number of aliphatic hydroxyl groups excluding tert-OH is 2. The SMILES string of the molecule is CCCCCC/C=C\C/C=C\CCCCCCCCCC(=O)OCCCCCCCCCCCCCCCCCC(=O)NC(CO)C(O)/C=C/CCCCCCCCCCCCCCCCCCCC. The number of esters is 1. The molecule has 0 aliphatic heterocycles. The molecular formula is C64H121NO5. The Bertz CT molecular complexity index is 1130. The quantitative estimate of drug-likeness (QED) is 0.0321. The van der Waals surface area contributed by atoms with E-state index in [0.717, 1.165) is 64.2 Å².